The highest BCUT2D eigenvalue weighted by molar-refractivity contribution is 7.16. The maximum atomic E-state index is 12.5. The van der Waals surface area contributed by atoms with E-state index >= 15 is 0 Å². The van der Waals surface area contributed by atoms with Crippen molar-refractivity contribution in [3.63, 3.8) is 0 Å². The highest BCUT2D eigenvalue weighted by atomic mass is 32.1. The van der Waals surface area contributed by atoms with E-state index in [0.29, 0.717) is 17.1 Å². The molecule has 0 atom stereocenters. The van der Waals surface area contributed by atoms with Gasteiger partial charge in [-0.25, -0.2) is 4.79 Å². The average molecular weight is 388 g/mol. The zero-order valence-corrected chi connectivity index (χ0v) is 16.6. The van der Waals surface area contributed by atoms with Crippen LogP contribution in [0.5, 0.6) is 0 Å². The van der Waals surface area contributed by atoms with Crippen molar-refractivity contribution in [3.05, 3.63) is 46.8 Å². The van der Waals surface area contributed by atoms with Crippen molar-refractivity contribution in [3.8, 4) is 0 Å². The third-order valence-corrected chi connectivity index (χ3v) is 5.85. The number of carbonyl (C=O) groups excluding carboxylic acids is 2. The number of rotatable bonds is 6. The summed E-state index contributed by atoms with van der Waals surface area (Å²) in [5.74, 6) is -0.518. The number of hydrogen-bond acceptors (Lipinski definition) is 6. The Labute approximate surface area is 163 Å². The molecule has 2 aromatic rings. The van der Waals surface area contributed by atoms with E-state index in [9.17, 15) is 9.59 Å². The van der Waals surface area contributed by atoms with Crippen molar-refractivity contribution in [2.45, 2.75) is 13.3 Å². The molecule has 3 rings (SSSR count). The van der Waals surface area contributed by atoms with Crippen LogP contribution in [0.2, 0.25) is 0 Å². The van der Waals surface area contributed by atoms with E-state index in [-0.39, 0.29) is 5.91 Å². The fraction of sp³-hybridized carbons (Fsp3) is 0.400. The quantitative estimate of drug-likeness (QED) is 0.773. The lowest BCUT2D eigenvalue weighted by atomic mass is 10.2. The molecule has 1 saturated heterocycles. The van der Waals surface area contributed by atoms with Crippen molar-refractivity contribution in [1.82, 2.24) is 4.90 Å². The maximum absolute atomic E-state index is 12.5. The molecule has 1 aromatic heterocycles. The van der Waals surface area contributed by atoms with Gasteiger partial charge in [0.15, 0.2) is 0 Å². The second-order valence-electron chi connectivity index (χ2n) is 6.45. The Morgan fingerprint density at radius 2 is 1.85 bits per heavy atom. The summed E-state index contributed by atoms with van der Waals surface area (Å²) in [5, 5.41) is 3.47. The van der Waals surface area contributed by atoms with E-state index in [1.807, 2.05) is 25.1 Å². The number of nitrogens with one attached hydrogen (secondary N) is 1. The van der Waals surface area contributed by atoms with Crippen LogP contribution in [-0.4, -0.2) is 56.6 Å². The molecule has 0 spiro atoms. The molecular formula is C20H25N3O3S. The first kappa shape index (κ1) is 19.4. The first-order valence-corrected chi connectivity index (χ1v) is 9.95. The summed E-state index contributed by atoms with van der Waals surface area (Å²) in [6.07, 6.45) is 0.811. The highest BCUT2D eigenvalue weighted by Gasteiger charge is 2.22. The van der Waals surface area contributed by atoms with Gasteiger partial charge in [-0.2, -0.15) is 0 Å². The zero-order valence-electron chi connectivity index (χ0n) is 15.7. The van der Waals surface area contributed by atoms with Crippen molar-refractivity contribution >= 4 is 33.9 Å². The van der Waals surface area contributed by atoms with Crippen molar-refractivity contribution in [1.29, 1.82) is 0 Å². The largest absolute Gasteiger partial charge is 0.465 e. The van der Waals surface area contributed by atoms with E-state index in [0.717, 1.165) is 37.5 Å². The molecule has 27 heavy (non-hydrogen) atoms. The third-order valence-electron chi connectivity index (χ3n) is 4.65. The number of nitrogens with zero attached hydrogens (tertiary/aromatic N) is 2. The Hall–Kier alpha value is -2.38. The Bertz CT molecular complexity index is 783. The van der Waals surface area contributed by atoms with Gasteiger partial charge in [0.25, 0.3) is 0 Å². The van der Waals surface area contributed by atoms with Gasteiger partial charge in [0.1, 0.15) is 5.00 Å². The van der Waals surface area contributed by atoms with Gasteiger partial charge in [-0.1, -0.05) is 25.1 Å². The van der Waals surface area contributed by atoms with E-state index < -0.39 is 5.97 Å². The molecule has 1 aliphatic rings. The van der Waals surface area contributed by atoms with Crippen molar-refractivity contribution < 1.29 is 14.3 Å². The maximum Gasteiger partial charge on any atom is 0.340 e. The molecule has 0 aliphatic carbocycles. The highest BCUT2D eigenvalue weighted by Crippen LogP contribution is 2.29. The van der Waals surface area contributed by atoms with Crippen LogP contribution in [0.25, 0.3) is 0 Å². The van der Waals surface area contributed by atoms with Gasteiger partial charge in [-0.3, -0.25) is 9.69 Å². The van der Waals surface area contributed by atoms with Crippen molar-refractivity contribution in [2.75, 3.05) is 50.1 Å². The Balaban J connectivity index is 1.55. The van der Waals surface area contributed by atoms with Crippen LogP contribution in [0.3, 0.4) is 0 Å². The number of hydrogen-bond donors (Lipinski definition) is 1. The van der Waals surface area contributed by atoms with Gasteiger partial charge < -0.3 is 15.0 Å². The molecule has 0 bridgehead atoms. The van der Waals surface area contributed by atoms with Crippen LogP contribution in [0.1, 0.15) is 22.2 Å². The minimum Gasteiger partial charge on any atom is -0.465 e. The van der Waals surface area contributed by atoms with Gasteiger partial charge in [0.2, 0.25) is 5.91 Å². The summed E-state index contributed by atoms with van der Waals surface area (Å²) >= 11 is 1.43. The number of esters is 1. The number of methoxy groups -OCH3 is 1. The standard InChI is InChI=1S/C20H25N3O3S/c1-3-16-13-17(20(25)26-2)19(27-16)21-18(24)14-22-9-11-23(12-10-22)15-7-5-4-6-8-15/h4-8,13H,3,9-12,14H2,1-2H3,(H,21,24). The number of thiophene rings is 1. The Morgan fingerprint density at radius 3 is 2.48 bits per heavy atom. The molecule has 6 nitrogen and oxygen atoms in total. The van der Waals surface area contributed by atoms with Crippen LogP contribution in [0, 0.1) is 0 Å². The first-order valence-electron chi connectivity index (χ1n) is 9.14. The van der Waals surface area contributed by atoms with Gasteiger partial charge in [0.05, 0.1) is 19.2 Å². The van der Waals surface area contributed by atoms with E-state index in [1.165, 1.54) is 24.1 Å². The van der Waals surface area contributed by atoms with Crippen LogP contribution in [0.15, 0.2) is 36.4 Å². The topological polar surface area (TPSA) is 61.9 Å². The Morgan fingerprint density at radius 1 is 1.15 bits per heavy atom. The van der Waals surface area contributed by atoms with Gasteiger partial charge in [-0.15, -0.1) is 11.3 Å². The summed E-state index contributed by atoms with van der Waals surface area (Å²) < 4.78 is 4.82. The fourth-order valence-corrected chi connectivity index (χ4v) is 4.14. The molecular weight excluding hydrogens is 362 g/mol. The SMILES string of the molecule is CCc1cc(C(=O)OC)c(NC(=O)CN2CCN(c3ccccc3)CC2)s1. The lowest BCUT2D eigenvalue weighted by molar-refractivity contribution is -0.117. The van der Waals surface area contributed by atoms with Gasteiger partial charge in [-0.05, 0) is 24.6 Å². The average Bonchev–Trinajstić information content (AvgIpc) is 3.11. The number of benzene rings is 1. The smallest absolute Gasteiger partial charge is 0.340 e. The van der Waals surface area contributed by atoms with Crippen LogP contribution >= 0.6 is 11.3 Å². The molecule has 7 heteroatoms. The second-order valence-corrected chi connectivity index (χ2v) is 7.58. The van der Waals surface area contributed by atoms with Crippen molar-refractivity contribution in [2.24, 2.45) is 0 Å². The molecule has 0 unspecified atom stereocenters. The van der Waals surface area contributed by atoms with Crippen LogP contribution < -0.4 is 10.2 Å². The molecule has 2 heterocycles. The third kappa shape index (κ3) is 4.87. The minimum absolute atomic E-state index is 0.0992. The van der Waals surface area contributed by atoms with E-state index in [1.54, 1.807) is 6.07 Å². The Kier molecular flexibility index (Phi) is 6.47. The molecule has 0 radical (unpaired) electrons. The summed E-state index contributed by atoms with van der Waals surface area (Å²) in [4.78, 5) is 29.9. The number of carbonyl (C=O) groups is 2. The normalized spacial score (nSPS) is 14.8. The zero-order chi connectivity index (χ0) is 19.2. The molecule has 1 aromatic carbocycles. The summed E-state index contributed by atoms with van der Waals surface area (Å²) in [6.45, 7) is 5.79. The first-order chi connectivity index (χ1) is 13.1. The number of anilines is 2. The summed E-state index contributed by atoms with van der Waals surface area (Å²) in [6, 6.07) is 12.1. The number of piperazine rings is 1. The van der Waals surface area contributed by atoms with Gasteiger partial charge in [0, 0.05) is 36.7 Å². The minimum atomic E-state index is -0.419. The molecule has 1 amide bonds. The molecule has 1 fully saturated rings. The molecule has 144 valence electrons. The van der Waals surface area contributed by atoms with Crippen LogP contribution in [0.4, 0.5) is 10.7 Å². The lowest BCUT2D eigenvalue weighted by Gasteiger charge is -2.35. The number of para-hydroxylation sites is 1. The fourth-order valence-electron chi connectivity index (χ4n) is 3.14. The summed E-state index contributed by atoms with van der Waals surface area (Å²) in [7, 11) is 1.35. The number of amides is 1. The monoisotopic (exact) mass is 387 g/mol. The molecule has 1 N–H and O–H groups in total. The predicted octanol–water partition coefficient (Wildman–Crippen LogP) is 2.86. The lowest BCUT2D eigenvalue weighted by Crippen LogP contribution is -2.48. The molecule has 0 saturated carbocycles. The second kappa shape index (κ2) is 9.01. The summed E-state index contributed by atoms with van der Waals surface area (Å²) in [5.41, 5.74) is 1.65. The van der Waals surface area contributed by atoms with E-state index in [2.05, 4.69) is 27.2 Å². The predicted molar refractivity (Wildman–Crippen MR) is 109 cm³/mol. The van der Waals surface area contributed by atoms with Crippen LogP contribution in [-0.2, 0) is 16.0 Å². The van der Waals surface area contributed by atoms with Gasteiger partial charge >= 0.3 is 5.97 Å². The molecule has 1 aliphatic heterocycles. The number of aryl methyl sites for hydroxylation is 1. The van der Waals surface area contributed by atoms with E-state index in [4.69, 9.17) is 4.74 Å². The number of ether oxygens (including phenoxy) is 1.